The summed E-state index contributed by atoms with van der Waals surface area (Å²) in [4.78, 5) is 28.6. The molecule has 1 fully saturated rings. The molecule has 10 heteroatoms. The van der Waals surface area contributed by atoms with Gasteiger partial charge in [-0.2, -0.15) is 5.26 Å². The number of nitriles is 1. The van der Waals surface area contributed by atoms with Crippen LogP contribution in [0.2, 0.25) is 0 Å². The second kappa shape index (κ2) is 16.0. The van der Waals surface area contributed by atoms with E-state index in [2.05, 4.69) is 26.5 Å². The van der Waals surface area contributed by atoms with E-state index < -0.39 is 0 Å². The first-order valence-electron chi connectivity index (χ1n) is 11.3. The fourth-order valence-electron chi connectivity index (χ4n) is 3.70. The van der Waals surface area contributed by atoms with Gasteiger partial charge in [-0.05, 0) is 61.9 Å². The number of urea groups is 1. The molecule has 2 aromatic carbocycles. The van der Waals surface area contributed by atoms with Crippen LogP contribution in [0.1, 0.15) is 34.8 Å². The third kappa shape index (κ3) is 10.1. The van der Waals surface area contributed by atoms with E-state index in [4.69, 9.17) is 10.00 Å². The minimum absolute atomic E-state index is 0. The van der Waals surface area contributed by atoms with E-state index in [0.29, 0.717) is 30.0 Å². The lowest BCUT2D eigenvalue weighted by atomic mass is 10.1. The summed E-state index contributed by atoms with van der Waals surface area (Å²) in [5, 5.41) is 14.6. The van der Waals surface area contributed by atoms with Crippen LogP contribution in [0.3, 0.4) is 0 Å². The lowest BCUT2D eigenvalue weighted by Gasteiger charge is -2.34. The predicted molar refractivity (Wildman–Crippen MR) is 141 cm³/mol. The molecule has 1 saturated heterocycles. The highest BCUT2D eigenvalue weighted by Crippen LogP contribution is 2.11. The summed E-state index contributed by atoms with van der Waals surface area (Å²) >= 11 is 0. The number of ether oxygens (including phenoxy) is 1. The van der Waals surface area contributed by atoms with Gasteiger partial charge in [0.05, 0.1) is 23.8 Å². The molecule has 2 aromatic rings. The SMILES string of the molecule is CCOC(=O)c1ccc(NC(=O)NCCCN2CCN(Cc3ccc(C#N)cc3)CC2)cc1.Cl.Cl. The normalized spacial score (nSPS) is 13.5. The van der Waals surface area contributed by atoms with Gasteiger partial charge in [-0.3, -0.25) is 4.90 Å². The van der Waals surface area contributed by atoms with Crippen LogP contribution < -0.4 is 10.6 Å². The first-order valence-corrected chi connectivity index (χ1v) is 11.3. The number of benzene rings is 2. The third-order valence-electron chi connectivity index (χ3n) is 5.54. The topological polar surface area (TPSA) is 97.7 Å². The zero-order valence-corrected chi connectivity index (χ0v) is 21.5. The van der Waals surface area contributed by atoms with Crippen molar-refractivity contribution in [1.29, 1.82) is 5.26 Å². The molecule has 0 aliphatic carbocycles. The Hall–Kier alpha value is -2.83. The molecule has 0 unspecified atom stereocenters. The molecule has 8 nitrogen and oxygen atoms in total. The van der Waals surface area contributed by atoms with Crippen LogP contribution in [0.4, 0.5) is 10.5 Å². The molecule has 0 spiro atoms. The van der Waals surface area contributed by atoms with Crippen molar-refractivity contribution < 1.29 is 14.3 Å². The van der Waals surface area contributed by atoms with Gasteiger partial charge in [0, 0.05) is 45.0 Å². The molecule has 1 aliphatic rings. The summed E-state index contributed by atoms with van der Waals surface area (Å²) in [5.41, 5.74) is 3.00. The molecule has 1 aliphatic heterocycles. The number of carbonyl (C=O) groups is 2. The number of carbonyl (C=O) groups excluding carboxylic acids is 2. The number of hydrogen-bond acceptors (Lipinski definition) is 6. The maximum Gasteiger partial charge on any atom is 0.338 e. The molecule has 2 N–H and O–H groups in total. The summed E-state index contributed by atoms with van der Waals surface area (Å²) in [7, 11) is 0. The molecular formula is C25H33Cl2N5O3. The second-order valence-electron chi connectivity index (χ2n) is 7.96. The zero-order valence-electron chi connectivity index (χ0n) is 19.9. The van der Waals surface area contributed by atoms with Crippen LogP contribution in [-0.4, -0.2) is 67.7 Å². The molecular weight excluding hydrogens is 489 g/mol. The van der Waals surface area contributed by atoms with Gasteiger partial charge < -0.3 is 20.3 Å². The van der Waals surface area contributed by atoms with Crippen LogP contribution in [0.5, 0.6) is 0 Å². The van der Waals surface area contributed by atoms with Crippen molar-refractivity contribution in [2.45, 2.75) is 19.9 Å². The highest BCUT2D eigenvalue weighted by atomic mass is 35.5. The molecule has 0 atom stereocenters. The number of anilines is 1. The summed E-state index contributed by atoms with van der Waals surface area (Å²) in [6.45, 7) is 8.57. The Labute approximate surface area is 219 Å². The lowest BCUT2D eigenvalue weighted by Crippen LogP contribution is -2.46. The first kappa shape index (κ1) is 30.2. The number of halogens is 2. The van der Waals surface area contributed by atoms with Crippen LogP contribution in [0, 0.1) is 11.3 Å². The molecule has 2 amide bonds. The highest BCUT2D eigenvalue weighted by molar-refractivity contribution is 5.92. The Morgan fingerprint density at radius 3 is 2.20 bits per heavy atom. The zero-order chi connectivity index (χ0) is 23.5. The van der Waals surface area contributed by atoms with Crippen LogP contribution in [0.25, 0.3) is 0 Å². The Balaban J connectivity index is 0.00000306. The van der Waals surface area contributed by atoms with Crippen molar-refractivity contribution in [3.63, 3.8) is 0 Å². The first-order chi connectivity index (χ1) is 16.1. The average molecular weight is 522 g/mol. The monoisotopic (exact) mass is 521 g/mol. The molecule has 35 heavy (non-hydrogen) atoms. The quantitative estimate of drug-likeness (QED) is 0.383. The van der Waals surface area contributed by atoms with E-state index in [1.165, 1.54) is 5.56 Å². The standard InChI is InChI=1S/C25H31N5O3.2ClH/c1-2-33-24(31)22-8-10-23(11-9-22)28-25(32)27-12-3-13-29-14-16-30(17-15-29)19-21-6-4-20(18-26)5-7-21;;/h4-11H,2-3,12-17,19H2,1H3,(H2,27,28,32);2*1H. The van der Waals surface area contributed by atoms with Gasteiger partial charge in [-0.25, -0.2) is 9.59 Å². The van der Waals surface area contributed by atoms with Crippen molar-refractivity contribution in [2.24, 2.45) is 0 Å². The van der Waals surface area contributed by atoms with Gasteiger partial charge in [0.1, 0.15) is 0 Å². The van der Waals surface area contributed by atoms with Gasteiger partial charge in [0.2, 0.25) is 0 Å². The number of hydrogen-bond donors (Lipinski definition) is 2. The maximum absolute atomic E-state index is 12.1. The van der Waals surface area contributed by atoms with Crippen molar-refractivity contribution >= 4 is 42.5 Å². The molecule has 0 saturated carbocycles. The number of amides is 2. The third-order valence-corrected chi connectivity index (χ3v) is 5.54. The van der Waals surface area contributed by atoms with E-state index in [1.807, 2.05) is 24.3 Å². The predicted octanol–water partition coefficient (Wildman–Crippen LogP) is 3.91. The fourth-order valence-corrected chi connectivity index (χ4v) is 3.70. The lowest BCUT2D eigenvalue weighted by molar-refractivity contribution is 0.0526. The Morgan fingerprint density at radius 1 is 0.971 bits per heavy atom. The van der Waals surface area contributed by atoms with Crippen LogP contribution >= 0.6 is 24.8 Å². The summed E-state index contributed by atoms with van der Waals surface area (Å²) in [6.07, 6.45) is 0.880. The van der Waals surface area contributed by atoms with Gasteiger partial charge in [-0.1, -0.05) is 12.1 Å². The maximum atomic E-state index is 12.1. The smallest absolute Gasteiger partial charge is 0.338 e. The van der Waals surface area contributed by atoms with Gasteiger partial charge >= 0.3 is 12.0 Å². The van der Waals surface area contributed by atoms with Crippen molar-refractivity contribution in [3.8, 4) is 6.07 Å². The summed E-state index contributed by atoms with van der Waals surface area (Å²) in [5.74, 6) is -0.372. The number of nitrogens with zero attached hydrogens (tertiary/aromatic N) is 3. The molecule has 3 rings (SSSR count). The van der Waals surface area contributed by atoms with Crippen molar-refractivity contribution in [2.75, 3.05) is 51.2 Å². The number of rotatable bonds is 9. The van der Waals surface area contributed by atoms with Crippen molar-refractivity contribution in [1.82, 2.24) is 15.1 Å². The minimum Gasteiger partial charge on any atom is -0.462 e. The fraction of sp³-hybridized carbons (Fsp3) is 0.400. The average Bonchev–Trinajstić information content (AvgIpc) is 2.84. The van der Waals surface area contributed by atoms with E-state index in [-0.39, 0.29) is 36.8 Å². The van der Waals surface area contributed by atoms with E-state index in [0.717, 1.165) is 45.7 Å². The summed E-state index contributed by atoms with van der Waals surface area (Å²) < 4.78 is 4.95. The molecule has 190 valence electrons. The molecule has 0 bridgehead atoms. The number of esters is 1. The van der Waals surface area contributed by atoms with E-state index in [9.17, 15) is 9.59 Å². The number of nitrogens with one attached hydrogen (secondary N) is 2. The molecule has 0 aromatic heterocycles. The van der Waals surface area contributed by atoms with Crippen LogP contribution in [-0.2, 0) is 11.3 Å². The van der Waals surface area contributed by atoms with Gasteiger partial charge in [-0.15, -0.1) is 24.8 Å². The largest absolute Gasteiger partial charge is 0.462 e. The number of piperazine rings is 1. The second-order valence-corrected chi connectivity index (χ2v) is 7.96. The molecule has 0 radical (unpaired) electrons. The Morgan fingerprint density at radius 2 is 1.60 bits per heavy atom. The van der Waals surface area contributed by atoms with Gasteiger partial charge in [0.15, 0.2) is 0 Å². The van der Waals surface area contributed by atoms with E-state index in [1.54, 1.807) is 31.2 Å². The summed E-state index contributed by atoms with van der Waals surface area (Å²) in [6, 6.07) is 16.3. The van der Waals surface area contributed by atoms with E-state index >= 15 is 0 Å². The van der Waals surface area contributed by atoms with Crippen molar-refractivity contribution in [3.05, 3.63) is 65.2 Å². The van der Waals surface area contributed by atoms with Crippen LogP contribution in [0.15, 0.2) is 48.5 Å². The molecule has 1 heterocycles. The highest BCUT2D eigenvalue weighted by Gasteiger charge is 2.16. The minimum atomic E-state index is -0.372. The Kier molecular flexibility index (Phi) is 13.8. The Bertz CT molecular complexity index is 957. The van der Waals surface area contributed by atoms with Gasteiger partial charge in [0.25, 0.3) is 0 Å².